The molecule has 0 saturated carbocycles. The highest BCUT2D eigenvalue weighted by Gasteiger charge is 2.23. The number of aryl methyl sites for hydroxylation is 3. The maximum atomic E-state index is 13.8. The highest BCUT2D eigenvalue weighted by molar-refractivity contribution is 6.06. The maximum absolute atomic E-state index is 13.8. The number of carbonyl (C=O) groups excluding carboxylic acids is 3. The third-order valence-corrected chi connectivity index (χ3v) is 10.4. The summed E-state index contributed by atoms with van der Waals surface area (Å²) < 4.78 is 12.1. The van der Waals surface area contributed by atoms with Gasteiger partial charge in [-0.1, -0.05) is 45.0 Å². The number of carbonyl (C=O) groups is 3. The van der Waals surface area contributed by atoms with Gasteiger partial charge in [0.15, 0.2) is 11.5 Å². The fourth-order valence-corrected chi connectivity index (χ4v) is 6.83. The molecule has 1 saturated heterocycles. The Balaban J connectivity index is 1.33. The van der Waals surface area contributed by atoms with Gasteiger partial charge in [0.25, 0.3) is 11.8 Å². The molecule has 3 amide bonds. The standard InChI is InChI=1S/C44H58N8O5/c1-8-22-51-25-27-52(28-26-51)39(53)21-15-33-14-20-37(38(29-33)56-7)57-42-36(41(54)47-40-31(4)12-11-13-32(40)5)30-45-44(48-42)46-35-18-16-34(17-19-35)43(55)49(6)23-24-50(9-2)10-3/h11-14,16-20,29-30H,8-10,15,21-28H2,1-7H3,(H,47,54)(H,45,46,48). The molecule has 0 unspecified atom stereocenters. The van der Waals surface area contributed by atoms with Crippen molar-refractivity contribution >= 4 is 35.0 Å². The highest BCUT2D eigenvalue weighted by Crippen LogP contribution is 2.34. The number of anilines is 3. The number of nitrogens with one attached hydrogen (secondary N) is 2. The third-order valence-electron chi connectivity index (χ3n) is 10.4. The lowest BCUT2D eigenvalue weighted by molar-refractivity contribution is -0.132. The number of methoxy groups -OCH3 is 1. The lowest BCUT2D eigenvalue weighted by Crippen LogP contribution is -2.48. The van der Waals surface area contributed by atoms with Crippen molar-refractivity contribution in [3.05, 3.63) is 94.7 Å². The Bertz CT molecular complexity index is 1960. The van der Waals surface area contributed by atoms with Gasteiger partial charge in [-0.05, 0) is 99.4 Å². The van der Waals surface area contributed by atoms with Crippen molar-refractivity contribution in [3.63, 3.8) is 0 Å². The Kier molecular flexibility index (Phi) is 15.4. The summed E-state index contributed by atoms with van der Waals surface area (Å²) >= 11 is 0. The first-order valence-electron chi connectivity index (χ1n) is 20.0. The van der Waals surface area contributed by atoms with Crippen LogP contribution < -0.4 is 20.1 Å². The summed E-state index contributed by atoms with van der Waals surface area (Å²) in [5.74, 6) is 0.627. The van der Waals surface area contributed by atoms with Crippen LogP contribution >= 0.6 is 0 Å². The highest BCUT2D eigenvalue weighted by atomic mass is 16.5. The number of piperazine rings is 1. The number of rotatable bonds is 18. The molecule has 1 aliphatic heterocycles. The molecule has 0 aliphatic carbocycles. The minimum Gasteiger partial charge on any atom is -0.493 e. The average Bonchev–Trinajstić information content (AvgIpc) is 3.22. The second-order valence-electron chi connectivity index (χ2n) is 14.4. The van der Waals surface area contributed by atoms with E-state index in [2.05, 4.69) is 51.2 Å². The molecule has 0 bridgehead atoms. The molecule has 1 fully saturated rings. The Morgan fingerprint density at radius 3 is 2.23 bits per heavy atom. The van der Waals surface area contributed by atoms with Crippen molar-refractivity contribution in [2.45, 2.75) is 53.9 Å². The van der Waals surface area contributed by atoms with E-state index in [4.69, 9.17) is 9.47 Å². The first kappa shape index (κ1) is 42.6. The summed E-state index contributed by atoms with van der Waals surface area (Å²) in [7, 11) is 3.36. The first-order chi connectivity index (χ1) is 27.5. The van der Waals surface area contributed by atoms with E-state index in [0.29, 0.717) is 47.8 Å². The SMILES string of the molecule is CCCN1CCN(C(=O)CCc2ccc(Oc3nc(Nc4ccc(C(=O)N(C)CCN(CC)CC)cc4)ncc3C(=O)Nc3c(C)cccc3C)c(OC)c2)CC1. The molecular formula is C44H58N8O5. The predicted molar refractivity (Wildman–Crippen MR) is 225 cm³/mol. The van der Waals surface area contributed by atoms with Crippen molar-refractivity contribution in [2.75, 3.05) is 83.7 Å². The normalized spacial score (nSPS) is 13.0. The minimum atomic E-state index is -0.438. The molecule has 57 heavy (non-hydrogen) atoms. The number of benzene rings is 3. The van der Waals surface area contributed by atoms with Gasteiger partial charge in [0, 0.05) is 75.9 Å². The molecule has 13 heteroatoms. The molecule has 5 rings (SSSR count). The van der Waals surface area contributed by atoms with Crippen LogP contribution in [0, 0.1) is 13.8 Å². The zero-order chi connectivity index (χ0) is 40.9. The van der Waals surface area contributed by atoms with Crippen molar-refractivity contribution in [2.24, 2.45) is 0 Å². The van der Waals surface area contributed by atoms with Gasteiger partial charge in [-0.3, -0.25) is 19.3 Å². The summed E-state index contributed by atoms with van der Waals surface area (Å²) in [6, 6.07) is 18.4. The Morgan fingerprint density at radius 2 is 1.58 bits per heavy atom. The van der Waals surface area contributed by atoms with E-state index in [1.165, 1.54) is 6.20 Å². The van der Waals surface area contributed by atoms with Crippen LogP contribution in [-0.2, 0) is 11.2 Å². The summed E-state index contributed by atoms with van der Waals surface area (Å²) in [5, 5.41) is 6.19. The summed E-state index contributed by atoms with van der Waals surface area (Å²) in [6.07, 6.45) is 3.47. The Labute approximate surface area is 337 Å². The summed E-state index contributed by atoms with van der Waals surface area (Å²) in [4.78, 5) is 57.4. The quantitative estimate of drug-likeness (QED) is 0.111. The summed E-state index contributed by atoms with van der Waals surface area (Å²) in [5.41, 5.74) is 4.78. The molecule has 3 aromatic carbocycles. The van der Waals surface area contributed by atoms with Crippen molar-refractivity contribution in [1.82, 2.24) is 29.6 Å². The van der Waals surface area contributed by atoms with Crippen molar-refractivity contribution < 1.29 is 23.9 Å². The Hall–Kier alpha value is -5.53. The van der Waals surface area contributed by atoms with Crippen LogP contribution in [0.25, 0.3) is 0 Å². The molecule has 2 N–H and O–H groups in total. The predicted octanol–water partition coefficient (Wildman–Crippen LogP) is 6.79. The van der Waals surface area contributed by atoms with Gasteiger partial charge in [0.2, 0.25) is 17.7 Å². The van der Waals surface area contributed by atoms with Crippen LogP contribution in [-0.4, -0.2) is 120 Å². The van der Waals surface area contributed by atoms with E-state index in [0.717, 1.165) is 75.5 Å². The Morgan fingerprint density at radius 1 is 0.877 bits per heavy atom. The molecule has 0 atom stereocenters. The number of amides is 3. The van der Waals surface area contributed by atoms with Crippen LogP contribution in [0.15, 0.2) is 66.9 Å². The average molecular weight is 779 g/mol. The maximum Gasteiger partial charge on any atom is 0.262 e. The molecule has 1 aliphatic rings. The van der Waals surface area contributed by atoms with Crippen molar-refractivity contribution in [1.29, 1.82) is 0 Å². The second-order valence-corrected chi connectivity index (χ2v) is 14.4. The lowest BCUT2D eigenvalue weighted by atomic mass is 10.1. The fourth-order valence-electron chi connectivity index (χ4n) is 6.83. The van der Waals surface area contributed by atoms with Crippen LogP contribution in [0.4, 0.5) is 17.3 Å². The van der Waals surface area contributed by atoms with E-state index in [-0.39, 0.29) is 29.2 Å². The lowest BCUT2D eigenvalue weighted by Gasteiger charge is -2.34. The zero-order valence-electron chi connectivity index (χ0n) is 34.6. The van der Waals surface area contributed by atoms with E-state index in [9.17, 15) is 14.4 Å². The monoisotopic (exact) mass is 778 g/mol. The molecule has 304 valence electrons. The van der Waals surface area contributed by atoms with E-state index in [1.807, 2.05) is 56.1 Å². The van der Waals surface area contributed by atoms with Gasteiger partial charge in [0.1, 0.15) is 5.56 Å². The zero-order valence-corrected chi connectivity index (χ0v) is 34.6. The van der Waals surface area contributed by atoms with Crippen LogP contribution in [0.5, 0.6) is 17.4 Å². The number of likely N-dealkylation sites (N-methyl/N-ethyl adjacent to an activating group) is 2. The van der Waals surface area contributed by atoms with Crippen LogP contribution in [0.2, 0.25) is 0 Å². The number of ether oxygens (including phenoxy) is 2. The molecular weight excluding hydrogens is 721 g/mol. The molecule has 4 aromatic rings. The van der Waals surface area contributed by atoms with E-state index >= 15 is 0 Å². The number of para-hydroxylation sites is 1. The van der Waals surface area contributed by atoms with E-state index < -0.39 is 5.91 Å². The van der Waals surface area contributed by atoms with Gasteiger partial charge in [-0.25, -0.2) is 4.98 Å². The molecule has 0 radical (unpaired) electrons. The summed E-state index contributed by atoms with van der Waals surface area (Å²) in [6.45, 7) is 18.0. The third kappa shape index (κ3) is 11.5. The van der Waals surface area contributed by atoms with E-state index in [1.54, 1.807) is 42.3 Å². The van der Waals surface area contributed by atoms with Gasteiger partial charge in [-0.2, -0.15) is 4.98 Å². The minimum absolute atomic E-state index is 0.0151. The number of aromatic nitrogens is 2. The van der Waals surface area contributed by atoms with Crippen LogP contribution in [0.1, 0.15) is 71.0 Å². The van der Waals surface area contributed by atoms with Gasteiger partial charge < -0.3 is 34.8 Å². The molecule has 1 aromatic heterocycles. The van der Waals surface area contributed by atoms with Gasteiger partial charge >= 0.3 is 0 Å². The smallest absolute Gasteiger partial charge is 0.262 e. The topological polar surface area (TPSA) is 132 Å². The van der Waals surface area contributed by atoms with Crippen LogP contribution in [0.3, 0.4) is 0 Å². The fraction of sp³-hybridized carbons (Fsp3) is 0.432. The second kappa shape index (κ2) is 20.6. The molecule has 0 spiro atoms. The molecule has 13 nitrogen and oxygen atoms in total. The van der Waals surface area contributed by atoms with Gasteiger partial charge in [-0.15, -0.1) is 0 Å². The number of nitrogens with zero attached hydrogens (tertiary/aromatic N) is 6. The number of hydrogen-bond donors (Lipinski definition) is 2. The molecule has 2 heterocycles. The van der Waals surface area contributed by atoms with Crippen molar-refractivity contribution in [3.8, 4) is 17.4 Å². The largest absolute Gasteiger partial charge is 0.493 e. The van der Waals surface area contributed by atoms with Gasteiger partial charge in [0.05, 0.1) is 7.11 Å². The first-order valence-corrected chi connectivity index (χ1v) is 20.0. The number of hydrogen-bond acceptors (Lipinski definition) is 10.